The number of cyclic esters (lactones) is 1. The van der Waals surface area contributed by atoms with E-state index in [1.165, 1.54) is 12.1 Å². The first-order valence-electron chi connectivity index (χ1n) is 10.4. The largest absolute Gasteiger partial charge is 0.456 e. The van der Waals surface area contributed by atoms with Crippen molar-refractivity contribution in [2.75, 3.05) is 16.8 Å². The standard InChI is InChI=1S/C23H24FN5O3/c1-14(2)20-13-31-23(30)29(20)21-10-11-25-22(28-21)27-15(3)19-9-8-18(12-26-19)32-17-6-4-16(24)5-7-17/h4-12,14-15,20H,13H2,1-3H3,(H,25,27,28)/t15-,20+/m0/s1. The number of ether oxygens (including phenoxy) is 2. The SMILES string of the molecule is CC(C)[C@H]1COC(=O)N1c1ccnc(N[C@@H](C)c2ccc(Oc3ccc(F)cc3)cn2)n1. The van der Waals surface area contributed by atoms with Gasteiger partial charge in [-0.3, -0.25) is 9.88 Å². The molecule has 0 aliphatic carbocycles. The van der Waals surface area contributed by atoms with Crippen molar-refractivity contribution in [3.63, 3.8) is 0 Å². The Bertz CT molecular complexity index is 1080. The van der Waals surface area contributed by atoms with Gasteiger partial charge in [0.2, 0.25) is 5.95 Å². The normalized spacial score (nSPS) is 16.7. The fraction of sp³-hybridized carbons (Fsp3) is 0.304. The van der Waals surface area contributed by atoms with Gasteiger partial charge in [0.1, 0.15) is 29.7 Å². The number of halogens is 1. The third kappa shape index (κ3) is 4.77. The number of aromatic nitrogens is 3. The first-order chi connectivity index (χ1) is 15.4. The Hall–Kier alpha value is -3.75. The number of hydrogen-bond acceptors (Lipinski definition) is 7. The van der Waals surface area contributed by atoms with Crippen LogP contribution in [0.15, 0.2) is 54.9 Å². The molecule has 8 nitrogen and oxygen atoms in total. The molecular formula is C23H24FN5O3. The van der Waals surface area contributed by atoms with E-state index in [4.69, 9.17) is 9.47 Å². The lowest BCUT2D eigenvalue weighted by atomic mass is 10.0. The Morgan fingerprint density at radius 2 is 1.84 bits per heavy atom. The highest BCUT2D eigenvalue weighted by Gasteiger charge is 2.37. The number of nitrogens with one attached hydrogen (secondary N) is 1. The number of amides is 1. The van der Waals surface area contributed by atoms with E-state index < -0.39 is 6.09 Å². The monoisotopic (exact) mass is 437 g/mol. The summed E-state index contributed by atoms with van der Waals surface area (Å²) in [6, 6.07) is 10.8. The van der Waals surface area contributed by atoms with Crippen molar-refractivity contribution in [3.05, 3.63) is 66.4 Å². The van der Waals surface area contributed by atoms with Crippen LogP contribution in [-0.2, 0) is 4.74 Å². The molecule has 0 unspecified atom stereocenters. The molecule has 1 amide bonds. The molecule has 1 aliphatic rings. The first kappa shape index (κ1) is 21.5. The van der Waals surface area contributed by atoms with E-state index >= 15 is 0 Å². The maximum Gasteiger partial charge on any atom is 0.415 e. The van der Waals surface area contributed by atoms with Crippen LogP contribution in [0.3, 0.4) is 0 Å². The lowest BCUT2D eigenvalue weighted by Gasteiger charge is -2.23. The molecule has 1 fully saturated rings. The van der Waals surface area contributed by atoms with E-state index in [-0.39, 0.29) is 23.8 Å². The minimum absolute atomic E-state index is 0.0713. The molecule has 4 rings (SSSR count). The fourth-order valence-electron chi connectivity index (χ4n) is 3.36. The van der Waals surface area contributed by atoms with E-state index in [0.717, 1.165) is 5.69 Å². The number of carbonyl (C=O) groups excluding carboxylic acids is 1. The quantitative estimate of drug-likeness (QED) is 0.559. The Labute approximate surface area is 185 Å². The third-order valence-electron chi connectivity index (χ3n) is 5.16. The maximum atomic E-state index is 13.0. The van der Waals surface area contributed by atoms with Crippen LogP contribution in [0.25, 0.3) is 0 Å². The summed E-state index contributed by atoms with van der Waals surface area (Å²) < 4.78 is 23.9. The number of benzene rings is 1. The summed E-state index contributed by atoms with van der Waals surface area (Å²) in [5.74, 6) is 1.85. The average molecular weight is 437 g/mol. The first-order valence-corrected chi connectivity index (χ1v) is 10.4. The van der Waals surface area contributed by atoms with Crippen LogP contribution >= 0.6 is 0 Å². The number of hydrogen-bond donors (Lipinski definition) is 1. The van der Waals surface area contributed by atoms with Crippen LogP contribution in [0.5, 0.6) is 11.5 Å². The molecule has 32 heavy (non-hydrogen) atoms. The van der Waals surface area contributed by atoms with Crippen molar-refractivity contribution in [2.45, 2.75) is 32.9 Å². The molecule has 9 heteroatoms. The molecule has 1 N–H and O–H groups in total. The van der Waals surface area contributed by atoms with Gasteiger partial charge in [-0.05, 0) is 55.3 Å². The molecule has 1 aromatic carbocycles. The van der Waals surface area contributed by atoms with Gasteiger partial charge in [-0.2, -0.15) is 4.98 Å². The smallest absolute Gasteiger partial charge is 0.415 e. The predicted molar refractivity (Wildman–Crippen MR) is 117 cm³/mol. The number of anilines is 2. The van der Waals surface area contributed by atoms with Gasteiger partial charge in [0, 0.05) is 6.20 Å². The van der Waals surface area contributed by atoms with Crippen molar-refractivity contribution < 1.29 is 18.7 Å². The van der Waals surface area contributed by atoms with Crippen molar-refractivity contribution in [2.24, 2.45) is 5.92 Å². The molecule has 0 saturated carbocycles. The molecule has 1 saturated heterocycles. The van der Waals surface area contributed by atoms with Gasteiger partial charge in [0.15, 0.2) is 0 Å². The van der Waals surface area contributed by atoms with Gasteiger partial charge in [0.25, 0.3) is 0 Å². The summed E-state index contributed by atoms with van der Waals surface area (Å²) in [4.78, 5) is 27.0. The second-order valence-corrected chi connectivity index (χ2v) is 7.84. The van der Waals surface area contributed by atoms with Crippen LogP contribution in [0.4, 0.5) is 21.0 Å². The zero-order valence-corrected chi connectivity index (χ0v) is 18.0. The predicted octanol–water partition coefficient (Wildman–Crippen LogP) is 4.96. The molecule has 0 radical (unpaired) electrons. The Morgan fingerprint density at radius 3 is 2.53 bits per heavy atom. The number of nitrogens with zero attached hydrogens (tertiary/aromatic N) is 4. The van der Waals surface area contributed by atoms with E-state index in [9.17, 15) is 9.18 Å². The second kappa shape index (κ2) is 9.17. The van der Waals surface area contributed by atoms with Gasteiger partial charge in [-0.15, -0.1) is 0 Å². The zero-order valence-electron chi connectivity index (χ0n) is 18.0. The van der Waals surface area contributed by atoms with E-state index in [2.05, 4.69) is 20.3 Å². The van der Waals surface area contributed by atoms with Crippen LogP contribution in [0.1, 0.15) is 32.5 Å². The van der Waals surface area contributed by atoms with Crippen LogP contribution in [-0.4, -0.2) is 33.7 Å². The highest BCUT2D eigenvalue weighted by molar-refractivity contribution is 5.89. The summed E-state index contributed by atoms with van der Waals surface area (Å²) in [6.07, 6.45) is 2.80. The Morgan fingerprint density at radius 1 is 1.09 bits per heavy atom. The topological polar surface area (TPSA) is 89.5 Å². The molecule has 0 bridgehead atoms. The molecule has 3 aromatic rings. The van der Waals surface area contributed by atoms with E-state index in [0.29, 0.717) is 29.9 Å². The zero-order chi connectivity index (χ0) is 22.7. The second-order valence-electron chi connectivity index (χ2n) is 7.84. The summed E-state index contributed by atoms with van der Waals surface area (Å²) in [7, 11) is 0. The van der Waals surface area contributed by atoms with Crippen molar-refractivity contribution >= 4 is 17.9 Å². The van der Waals surface area contributed by atoms with Gasteiger partial charge in [0.05, 0.1) is 24.0 Å². The van der Waals surface area contributed by atoms with E-state index in [1.807, 2.05) is 26.8 Å². The van der Waals surface area contributed by atoms with E-state index in [1.54, 1.807) is 41.6 Å². The van der Waals surface area contributed by atoms with Crippen molar-refractivity contribution in [1.82, 2.24) is 15.0 Å². The maximum absolute atomic E-state index is 13.0. The average Bonchev–Trinajstić information content (AvgIpc) is 3.18. The molecule has 3 heterocycles. The molecule has 0 spiro atoms. The fourth-order valence-corrected chi connectivity index (χ4v) is 3.36. The third-order valence-corrected chi connectivity index (χ3v) is 5.16. The number of rotatable bonds is 7. The molecule has 2 atom stereocenters. The molecule has 166 valence electrons. The number of pyridine rings is 1. The van der Waals surface area contributed by atoms with Crippen molar-refractivity contribution in [3.8, 4) is 11.5 Å². The van der Waals surface area contributed by atoms with Gasteiger partial charge < -0.3 is 14.8 Å². The Balaban J connectivity index is 1.43. The van der Waals surface area contributed by atoms with Crippen LogP contribution < -0.4 is 15.0 Å². The highest BCUT2D eigenvalue weighted by atomic mass is 19.1. The number of carbonyl (C=O) groups is 1. The Kier molecular flexibility index (Phi) is 6.16. The van der Waals surface area contributed by atoms with Gasteiger partial charge in [-0.1, -0.05) is 13.8 Å². The lowest BCUT2D eigenvalue weighted by Crippen LogP contribution is -2.37. The summed E-state index contributed by atoms with van der Waals surface area (Å²) >= 11 is 0. The van der Waals surface area contributed by atoms with Gasteiger partial charge in [-0.25, -0.2) is 14.2 Å². The summed E-state index contributed by atoms with van der Waals surface area (Å²) in [5.41, 5.74) is 0.756. The molecular weight excluding hydrogens is 413 g/mol. The van der Waals surface area contributed by atoms with Crippen molar-refractivity contribution in [1.29, 1.82) is 0 Å². The lowest BCUT2D eigenvalue weighted by molar-refractivity contribution is 0.177. The minimum atomic E-state index is -0.403. The molecule has 2 aromatic heterocycles. The molecule has 1 aliphatic heterocycles. The van der Waals surface area contributed by atoms with Crippen LogP contribution in [0, 0.1) is 11.7 Å². The summed E-state index contributed by atoms with van der Waals surface area (Å²) in [6.45, 7) is 6.35. The minimum Gasteiger partial charge on any atom is -0.456 e. The van der Waals surface area contributed by atoms with Gasteiger partial charge >= 0.3 is 6.09 Å². The van der Waals surface area contributed by atoms with Crippen LogP contribution in [0.2, 0.25) is 0 Å². The summed E-state index contributed by atoms with van der Waals surface area (Å²) in [5, 5.41) is 3.21. The highest BCUT2D eigenvalue weighted by Crippen LogP contribution is 2.27.